The van der Waals surface area contributed by atoms with Crippen molar-refractivity contribution in [2.75, 3.05) is 0 Å². The summed E-state index contributed by atoms with van der Waals surface area (Å²) in [7, 11) is -0.384. The molecular weight excluding hydrogens is 542 g/mol. The van der Waals surface area contributed by atoms with Gasteiger partial charge in [-0.05, 0) is 53.5 Å². The van der Waals surface area contributed by atoms with Crippen molar-refractivity contribution in [1.82, 2.24) is 4.57 Å². The van der Waals surface area contributed by atoms with Crippen LogP contribution in [0.25, 0.3) is 0 Å². The van der Waals surface area contributed by atoms with Crippen molar-refractivity contribution < 1.29 is 23.7 Å². The highest BCUT2D eigenvalue weighted by atomic mass is 79.9. The predicted octanol–water partition coefficient (Wildman–Crippen LogP) is 5.10. The molecule has 0 bridgehead atoms. The minimum Gasteiger partial charge on any atom is -0.487 e. The van der Waals surface area contributed by atoms with Crippen LogP contribution in [0.15, 0.2) is 45.8 Å². The maximum absolute atomic E-state index is 12.9. The lowest BCUT2D eigenvalue weighted by Crippen LogP contribution is -2.46. The molecule has 0 amide bonds. The zero-order chi connectivity index (χ0) is 26.3. The number of benzene rings is 1. The SMILES string of the molecule is CC[Si](CC)(CC)O[C@@H]1[C@@H]2OC(C)(C)O[C@@H]2[C@H](O)[C@@H]1c1cn(C)c(=O)c(Br)c1OCc1ccccc1. The van der Waals surface area contributed by atoms with Gasteiger partial charge in [-0.3, -0.25) is 4.79 Å². The number of nitrogens with zero attached hydrogens (tertiary/aromatic N) is 1. The minimum absolute atomic E-state index is 0.208. The molecule has 1 aliphatic carbocycles. The van der Waals surface area contributed by atoms with E-state index in [1.807, 2.05) is 44.2 Å². The van der Waals surface area contributed by atoms with Gasteiger partial charge in [0.2, 0.25) is 0 Å². The van der Waals surface area contributed by atoms with Crippen LogP contribution in [-0.4, -0.2) is 48.2 Å². The van der Waals surface area contributed by atoms with Crippen LogP contribution < -0.4 is 10.3 Å². The average Bonchev–Trinajstić information content (AvgIpc) is 3.31. The Kier molecular flexibility index (Phi) is 8.19. The van der Waals surface area contributed by atoms with Crippen molar-refractivity contribution in [1.29, 1.82) is 0 Å². The number of rotatable bonds is 9. The summed E-state index contributed by atoms with van der Waals surface area (Å²) in [6.45, 7) is 10.6. The van der Waals surface area contributed by atoms with E-state index in [1.54, 1.807) is 13.2 Å². The van der Waals surface area contributed by atoms with E-state index in [-0.39, 0.29) is 5.56 Å². The van der Waals surface area contributed by atoms with Crippen LogP contribution in [0.1, 0.15) is 51.7 Å². The molecule has 0 radical (unpaired) electrons. The molecule has 36 heavy (non-hydrogen) atoms. The minimum atomic E-state index is -2.09. The highest BCUT2D eigenvalue weighted by Gasteiger charge is 2.61. The quantitative estimate of drug-likeness (QED) is 0.416. The summed E-state index contributed by atoms with van der Waals surface area (Å²) in [4.78, 5) is 12.9. The van der Waals surface area contributed by atoms with Crippen LogP contribution in [0.2, 0.25) is 18.1 Å². The summed E-state index contributed by atoms with van der Waals surface area (Å²) in [6, 6.07) is 12.7. The summed E-state index contributed by atoms with van der Waals surface area (Å²) < 4.78 is 27.7. The Bertz CT molecular complexity index is 1110. The molecule has 4 rings (SSSR count). The molecule has 7 nitrogen and oxygen atoms in total. The Morgan fingerprint density at radius 2 is 1.69 bits per heavy atom. The first-order valence-corrected chi connectivity index (χ1v) is 16.2. The van der Waals surface area contributed by atoms with Crippen molar-refractivity contribution in [3.8, 4) is 5.75 Å². The lowest BCUT2D eigenvalue weighted by Gasteiger charge is -2.37. The van der Waals surface area contributed by atoms with Gasteiger partial charge >= 0.3 is 0 Å². The summed E-state index contributed by atoms with van der Waals surface area (Å²) in [5, 5.41) is 11.7. The van der Waals surface area contributed by atoms with E-state index >= 15 is 0 Å². The maximum atomic E-state index is 12.9. The van der Waals surface area contributed by atoms with Crippen LogP contribution in [0, 0.1) is 0 Å². The number of pyridine rings is 1. The summed E-state index contributed by atoms with van der Waals surface area (Å²) in [5.41, 5.74) is 1.48. The molecule has 2 heterocycles. The molecule has 5 atom stereocenters. The number of ether oxygens (including phenoxy) is 3. The second-order valence-electron chi connectivity index (χ2n) is 10.3. The fourth-order valence-corrected chi connectivity index (χ4v) is 9.03. The van der Waals surface area contributed by atoms with Gasteiger partial charge in [0.1, 0.15) is 29.0 Å². The third-order valence-electron chi connectivity index (χ3n) is 7.75. The maximum Gasteiger partial charge on any atom is 0.268 e. The lowest BCUT2D eigenvalue weighted by atomic mass is 9.93. The highest BCUT2D eigenvalue weighted by Crippen LogP contribution is 2.50. The fraction of sp³-hybridized carbons (Fsp3) is 0.593. The predicted molar refractivity (Wildman–Crippen MR) is 145 cm³/mol. The van der Waals surface area contributed by atoms with Crippen molar-refractivity contribution in [2.45, 2.75) is 95.5 Å². The Labute approximate surface area is 223 Å². The molecule has 1 saturated heterocycles. The molecule has 0 spiro atoms. The van der Waals surface area contributed by atoms with Crippen LogP contribution in [-0.2, 0) is 27.6 Å². The monoisotopic (exact) mass is 579 g/mol. The number of aryl methyl sites for hydroxylation is 1. The molecule has 2 aliphatic rings. The molecule has 1 aromatic heterocycles. The van der Waals surface area contributed by atoms with E-state index in [2.05, 4.69) is 36.7 Å². The molecule has 0 unspecified atom stereocenters. The number of hydrogen-bond donors (Lipinski definition) is 1. The van der Waals surface area contributed by atoms with Crippen molar-refractivity contribution in [3.05, 3.63) is 62.5 Å². The van der Waals surface area contributed by atoms with E-state index in [0.29, 0.717) is 22.4 Å². The molecule has 2 aromatic rings. The zero-order valence-electron chi connectivity index (χ0n) is 22.0. The third-order valence-corrected chi connectivity index (χ3v) is 13.1. The summed E-state index contributed by atoms with van der Waals surface area (Å²) in [5.74, 6) is -0.869. The fourth-order valence-electron chi connectivity index (χ4n) is 5.55. The van der Waals surface area contributed by atoms with Gasteiger partial charge in [-0.25, -0.2) is 0 Å². The second kappa shape index (κ2) is 10.7. The van der Waals surface area contributed by atoms with Crippen LogP contribution in [0.5, 0.6) is 5.75 Å². The molecule has 9 heteroatoms. The Morgan fingerprint density at radius 3 is 2.31 bits per heavy atom. The van der Waals surface area contributed by atoms with Crippen molar-refractivity contribution in [3.63, 3.8) is 0 Å². The molecule has 1 aliphatic heterocycles. The van der Waals surface area contributed by atoms with Crippen LogP contribution in [0.4, 0.5) is 0 Å². The standard InChI is InChI=1S/C27H38BrNO6Si/c1-7-36(8-2,9-3)35-23-19(21(30)24-25(23)34-27(4,5)33-24)18-15-29(6)26(31)20(28)22(18)32-16-17-13-11-10-12-14-17/h10-15,19,21,23-25,30H,7-9,16H2,1-6H3/t19-,21+,23-,24+,25-/m0/s1. The van der Waals surface area contributed by atoms with Gasteiger partial charge < -0.3 is 28.3 Å². The number of hydrogen-bond acceptors (Lipinski definition) is 6. The Morgan fingerprint density at radius 1 is 1.08 bits per heavy atom. The van der Waals surface area contributed by atoms with Crippen molar-refractivity contribution >= 4 is 24.2 Å². The molecule has 2 fully saturated rings. The van der Waals surface area contributed by atoms with E-state index in [1.165, 1.54) is 4.57 Å². The molecule has 1 aromatic carbocycles. The molecule has 1 N–H and O–H groups in total. The van der Waals surface area contributed by atoms with E-state index < -0.39 is 44.4 Å². The summed E-state index contributed by atoms with van der Waals surface area (Å²) >= 11 is 3.49. The first-order chi connectivity index (χ1) is 17.1. The van der Waals surface area contributed by atoms with Gasteiger partial charge in [0, 0.05) is 24.7 Å². The largest absolute Gasteiger partial charge is 0.487 e. The van der Waals surface area contributed by atoms with E-state index in [9.17, 15) is 9.90 Å². The number of aliphatic hydroxyl groups is 1. The van der Waals surface area contributed by atoms with Gasteiger partial charge in [-0.15, -0.1) is 0 Å². The number of halogens is 1. The number of aliphatic hydroxyl groups excluding tert-OH is 1. The Hall–Kier alpha value is -1.49. The molecule has 1 saturated carbocycles. The van der Waals surface area contributed by atoms with Gasteiger partial charge in [0.15, 0.2) is 14.1 Å². The molecule has 198 valence electrons. The smallest absolute Gasteiger partial charge is 0.268 e. The first-order valence-electron chi connectivity index (χ1n) is 12.8. The van der Waals surface area contributed by atoms with Gasteiger partial charge in [-0.1, -0.05) is 51.1 Å². The van der Waals surface area contributed by atoms with Crippen molar-refractivity contribution in [2.24, 2.45) is 7.05 Å². The molecular formula is C27H38BrNO6Si. The van der Waals surface area contributed by atoms with E-state index in [4.69, 9.17) is 18.6 Å². The van der Waals surface area contributed by atoms with Gasteiger partial charge in [0.05, 0.1) is 12.2 Å². The highest BCUT2D eigenvalue weighted by molar-refractivity contribution is 9.10. The van der Waals surface area contributed by atoms with Crippen LogP contribution >= 0.6 is 15.9 Å². The Balaban J connectivity index is 1.80. The zero-order valence-corrected chi connectivity index (χ0v) is 24.6. The average molecular weight is 581 g/mol. The number of fused-ring (bicyclic) bond motifs is 1. The van der Waals surface area contributed by atoms with Gasteiger partial charge in [0.25, 0.3) is 5.56 Å². The number of aromatic nitrogens is 1. The first kappa shape index (κ1) is 27.5. The van der Waals surface area contributed by atoms with Gasteiger partial charge in [-0.2, -0.15) is 0 Å². The van der Waals surface area contributed by atoms with Crippen LogP contribution in [0.3, 0.4) is 0 Å². The third kappa shape index (κ3) is 5.10. The lowest BCUT2D eigenvalue weighted by molar-refractivity contribution is -0.173. The second-order valence-corrected chi connectivity index (χ2v) is 15.8. The topological polar surface area (TPSA) is 79.2 Å². The van der Waals surface area contributed by atoms with E-state index in [0.717, 1.165) is 23.7 Å². The summed E-state index contributed by atoms with van der Waals surface area (Å²) in [6.07, 6.45) is -0.513. The normalized spacial score (nSPS) is 27.3.